The van der Waals surface area contributed by atoms with E-state index >= 15 is 0 Å². The highest BCUT2D eigenvalue weighted by Gasteiger charge is 2.29. The van der Waals surface area contributed by atoms with Gasteiger partial charge < -0.3 is 19.9 Å². The minimum absolute atomic E-state index is 0.000697. The van der Waals surface area contributed by atoms with Crippen molar-refractivity contribution in [2.24, 2.45) is 5.92 Å². The van der Waals surface area contributed by atoms with Gasteiger partial charge in [0, 0.05) is 30.8 Å². The van der Waals surface area contributed by atoms with Gasteiger partial charge in [-0.2, -0.15) is 4.98 Å². The lowest BCUT2D eigenvalue weighted by Crippen LogP contribution is -2.40. The van der Waals surface area contributed by atoms with Gasteiger partial charge in [-0.25, -0.2) is 4.79 Å². The van der Waals surface area contributed by atoms with E-state index in [4.69, 9.17) is 9.26 Å². The standard InChI is InChI=1S/C19H32N4O4/c1-12(2)17-22-15(23-27-17)13-6-8-14(9-7-13)16(24)20-10-11-21-18(25)26-19(3,4)5/h12-14H,6-11H2,1-5H3,(H,20,24)(H,21,25). The van der Waals surface area contributed by atoms with E-state index in [0.717, 1.165) is 31.5 Å². The first-order valence-corrected chi connectivity index (χ1v) is 9.73. The Kier molecular flexibility index (Phi) is 7.21. The van der Waals surface area contributed by atoms with E-state index in [1.165, 1.54) is 0 Å². The van der Waals surface area contributed by atoms with E-state index in [1.54, 1.807) is 0 Å². The fourth-order valence-corrected chi connectivity index (χ4v) is 3.07. The predicted octanol–water partition coefficient (Wildman–Crippen LogP) is 3.11. The van der Waals surface area contributed by atoms with Crippen molar-refractivity contribution < 1.29 is 18.8 Å². The molecule has 0 spiro atoms. The van der Waals surface area contributed by atoms with Crippen LogP contribution in [-0.4, -0.2) is 40.8 Å². The summed E-state index contributed by atoms with van der Waals surface area (Å²) < 4.78 is 10.4. The van der Waals surface area contributed by atoms with E-state index in [2.05, 4.69) is 20.8 Å². The Morgan fingerprint density at radius 3 is 2.33 bits per heavy atom. The number of ether oxygens (including phenoxy) is 1. The van der Waals surface area contributed by atoms with Gasteiger partial charge in [0.1, 0.15) is 5.60 Å². The molecule has 0 aromatic carbocycles. The zero-order chi connectivity index (χ0) is 20.0. The van der Waals surface area contributed by atoms with Crippen molar-refractivity contribution in [3.8, 4) is 0 Å². The maximum absolute atomic E-state index is 12.3. The molecule has 8 nitrogen and oxygen atoms in total. The van der Waals surface area contributed by atoms with Crippen LogP contribution < -0.4 is 10.6 Å². The van der Waals surface area contributed by atoms with Crippen molar-refractivity contribution >= 4 is 12.0 Å². The summed E-state index contributed by atoms with van der Waals surface area (Å²) in [5, 5.41) is 9.61. The van der Waals surface area contributed by atoms with Crippen molar-refractivity contribution in [1.82, 2.24) is 20.8 Å². The van der Waals surface area contributed by atoms with Gasteiger partial charge in [-0.15, -0.1) is 0 Å². The molecule has 1 aliphatic rings. The molecular formula is C19H32N4O4. The molecule has 0 saturated heterocycles. The van der Waals surface area contributed by atoms with Crippen LogP contribution in [-0.2, 0) is 9.53 Å². The maximum Gasteiger partial charge on any atom is 0.407 e. The van der Waals surface area contributed by atoms with Crippen LogP contribution in [0.2, 0.25) is 0 Å². The lowest BCUT2D eigenvalue weighted by atomic mass is 9.81. The highest BCUT2D eigenvalue weighted by Crippen LogP contribution is 2.34. The second-order valence-corrected chi connectivity index (χ2v) is 8.41. The largest absolute Gasteiger partial charge is 0.444 e. The van der Waals surface area contributed by atoms with Crippen LogP contribution in [0, 0.1) is 5.92 Å². The Bertz CT molecular complexity index is 628. The number of alkyl carbamates (subject to hydrolysis) is 1. The quantitative estimate of drug-likeness (QED) is 0.735. The van der Waals surface area contributed by atoms with Crippen LogP contribution >= 0.6 is 0 Å². The van der Waals surface area contributed by atoms with E-state index in [1.807, 2.05) is 34.6 Å². The summed E-state index contributed by atoms with van der Waals surface area (Å²) in [5.74, 6) is 1.96. The van der Waals surface area contributed by atoms with Crippen molar-refractivity contribution in [1.29, 1.82) is 0 Å². The monoisotopic (exact) mass is 380 g/mol. The number of rotatable bonds is 6. The minimum Gasteiger partial charge on any atom is -0.444 e. The van der Waals surface area contributed by atoms with Gasteiger partial charge in [0.2, 0.25) is 11.8 Å². The molecule has 0 atom stereocenters. The average Bonchev–Trinajstić information content (AvgIpc) is 3.07. The molecule has 0 unspecified atom stereocenters. The molecule has 2 N–H and O–H groups in total. The molecule has 1 saturated carbocycles. The van der Waals surface area contributed by atoms with E-state index < -0.39 is 11.7 Å². The van der Waals surface area contributed by atoms with Gasteiger partial charge in [-0.1, -0.05) is 19.0 Å². The molecule has 27 heavy (non-hydrogen) atoms. The smallest absolute Gasteiger partial charge is 0.407 e. The number of hydrogen-bond donors (Lipinski definition) is 2. The number of amides is 2. The lowest BCUT2D eigenvalue weighted by Gasteiger charge is -2.26. The van der Waals surface area contributed by atoms with Crippen LogP contribution in [0.15, 0.2) is 4.52 Å². The highest BCUT2D eigenvalue weighted by molar-refractivity contribution is 5.78. The first-order chi connectivity index (χ1) is 12.7. The van der Waals surface area contributed by atoms with Gasteiger partial charge >= 0.3 is 6.09 Å². The van der Waals surface area contributed by atoms with Gasteiger partial charge in [0.25, 0.3) is 0 Å². The summed E-state index contributed by atoms with van der Waals surface area (Å²) in [7, 11) is 0. The first kappa shape index (κ1) is 21.2. The van der Waals surface area contributed by atoms with E-state index in [0.29, 0.717) is 19.0 Å². The fourth-order valence-electron chi connectivity index (χ4n) is 3.07. The normalized spacial score (nSPS) is 20.4. The molecule has 8 heteroatoms. The molecule has 2 rings (SSSR count). The van der Waals surface area contributed by atoms with Crippen LogP contribution in [0.4, 0.5) is 4.79 Å². The average molecular weight is 380 g/mol. The predicted molar refractivity (Wildman–Crippen MR) is 100 cm³/mol. The Morgan fingerprint density at radius 1 is 1.15 bits per heavy atom. The van der Waals surface area contributed by atoms with E-state index in [9.17, 15) is 9.59 Å². The number of nitrogens with zero attached hydrogens (tertiary/aromatic N) is 2. The van der Waals surface area contributed by atoms with Crippen molar-refractivity contribution in [3.05, 3.63) is 11.7 Å². The molecule has 1 aliphatic carbocycles. The third-order valence-corrected chi connectivity index (χ3v) is 4.51. The number of carbonyl (C=O) groups excluding carboxylic acids is 2. The molecular weight excluding hydrogens is 348 g/mol. The van der Waals surface area contributed by atoms with Gasteiger partial charge in [-0.05, 0) is 46.5 Å². The third-order valence-electron chi connectivity index (χ3n) is 4.51. The molecule has 152 valence electrons. The van der Waals surface area contributed by atoms with Gasteiger partial charge in [0.15, 0.2) is 5.82 Å². The topological polar surface area (TPSA) is 106 Å². The highest BCUT2D eigenvalue weighted by atomic mass is 16.6. The molecule has 1 aromatic rings. The zero-order valence-corrected chi connectivity index (χ0v) is 17.0. The van der Waals surface area contributed by atoms with Crippen molar-refractivity contribution in [2.75, 3.05) is 13.1 Å². The Hall–Kier alpha value is -2.12. The second kappa shape index (κ2) is 9.19. The van der Waals surface area contributed by atoms with E-state index in [-0.39, 0.29) is 23.7 Å². The number of nitrogens with one attached hydrogen (secondary N) is 2. The van der Waals surface area contributed by atoms with Crippen LogP contribution in [0.1, 0.15) is 83.9 Å². The van der Waals surface area contributed by atoms with Gasteiger partial charge in [-0.3, -0.25) is 4.79 Å². The molecule has 0 radical (unpaired) electrons. The fraction of sp³-hybridized carbons (Fsp3) is 0.789. The van der Waals surface area contributed by atoms with Gasteiger partial charge in [0.05, 0.1) is 0 Å². The number of aromatic nitrogens is 2. The summed E-state index contributed by atoms with van der Waals surface area (Å²) in [4.78, 5) is 28.3. The molecule has 1 aromatic heterocycles. The summed E-state index contributed by atoms with van der Waals surface area (Å²) in [5.41, 5.74) is -0.527. The molecule has 0 bridgehead atoms. The Labute approximate surface area is 160 Å². The van der Waals surface area contributed by atoms with Crippen LogP contribution in [0.5, 0.6) is 0 Å². The maximum atomic E-state index is 12.3. The third kappa shape index (κ3) is 6.84. The second-order valence-electron chi connectivity index (χ2n) is 8.41. The molecule has 1 fully saturated rings. The Morgan fingerprint density at radius 2 is 1.78 bits per heavy atom. The van der Waals surface area contributed by atoms with Crippen LogP contribution in [0.25, 0.3) is 0 Å². The lowest BCUT2D eigenvalue weighted by molar-refractivity contribution is -0.126. The van der Waals surface area contributed by atoms with Crippen molar-refractivity contribution in [3.63, 3.8) is 0 Å². The number of hydrogen-bond acceptors (Lipinski definition) is 6. The first-order valence-electron chi connectivity index (χ1n) is 9.73. The molecule has 1 heterocycles. The number of carbonyl (C=O) groups is 2. The SMILES string of the molecule is CC(C)c1nc(C2CCC(C(=O)NCCNC(=O)OC(C)(C)C)CC2)no1. The van der Waals surface area contributed by atoms with Crippen molar-refractivity contribution in [2.45, 2.75) is 77.7 Å². The molecule has 2 amide bonds. The summed E-state index contributed by atoms with van der Waals surface area (Å²) >= 11 is 0. The molecule has 0 aliphatic heterocycles. The van der Waals surface area contributed by atoms with Crippen LogP contribution in [0.3, 0.4) is 0 Å². The zero-order valence-electron chi connectivity index (χ0n) is 17.0. The Balaban J connectivity index is 1.66. The summed E-state index contributed by atoms with van der Waals surface area (Å²) in [6.45, 7) is 10.2. The minimum atomic E-state index is -0.527. The summed E-state index contributed by atoms with van der Waals surface area (Å²) in [6.07, 6.45) is 2.90. The summed E-state index contributed by atoms with van der Waals surface area (Å²) in [6, 6.07) is 0.